The standard InChI is InChI=1S/C29H36N2O3S/c1-34-26-6-4-3-5-24(26)27(32)31-25(11-12-35-2)28(33)30-23-9-7-22(8-10-23)29-16-19-13-20(17-29)15-21(14-19)18-29/h3-10,19-21,25H,11-18H2,1-2H3,(H,30,33)(H,31,32). The van der Waals surface area contributed by atoms with E-state index in [1.165, 1.54) is 51.2 Å². The summed E-state index contributed by atoms with van der Waals surface area (Å²) in [5.41, 5.74) is 3.00. The molecule has 1 unspecified atom stereocenters. The monoisotopic (exact) mass is 492 g/mol. The van der Waals surface area contributed by atoms with Crippen LogP contribution in [0.15, 0.2) is 48.5 Å². The molecule has 5 nitrogen and oxygen atoms in total. The first-order valence-electron chi connectivity index (χ1n) is 12.8. The molecule has 2 amide bonds. The van der Waals surface area contributed by atoms with Gasteiger partial charge in [-0.25, -0.2) is 0 Å². The Kier molecular flexibility index (Phi) is 7.10. The Morgan fingerprint density at radius 3 is 2.23 bits per heavy atom. The third-order valence-corrected chi connectivity index (χ3v) is 9.03. The van der Waals surface area contributed by atoms with Crippen molar-refractivity contribution in [3.05, 3.63) is 59.7 Å². The van der Waals surface area contributed by atoms with Crippen LogP contribution in [0, 0.1) is 17.8 Å². The van der Waals surface area contributed by atoms with E-state index >= 15 is 0 Å². The highest BCUT2D eigenvalue weighted by atomic mass is 32.2. The number of amides is 2. The van der Waals surface area contributed by atoms with Crippen LogP contribution >= 0.6 is 11.8 Å². The maximum atomic E-state index is 13.2. The Bertz CT molecular complexity index is 1030. The lowest BCUT2D eigenvalue weighted by atomic mass is 9.48. The number of hydrogen-bond acceptors (Lipinski definition) is 4. The molecular weight excluding hydrogens is 456 g/mol. The lowest BCUT2D eigenvalue weighted by molar-refractivity contribution is -0.118. The number of para-hydroxylation sites is 1. The van der Waals surface area contributed by atoms with Crippen LogP contribution in [-0.2, 0) is 10.2 Å². The summed E-state index contributed by atoms with van der Waals surface area (Å²) in [4.78, 5) is 26.1. The van der Waals surface area contributed by atoms with E-state index < -0.39 is 6.04 Å². The highest BCUT2D eigenvalue weighted by molar-refractivity contribution is 7.98. The van der Waals surface area contributed by atoms with Crippen LogP contribution in [0.4, 0.5) is 5.69 Å². The minimum Gasteiger partial charge on any atom is -0.496 e. The van der Waals surface area contributed by atoms with Gasteiger partial charge in [-0.05, 0) is 110 Å². The number of ether oxygens (including phenoxy) is 1. The van der Waals surface area contributed by atoms with Crippen LogP contribution in [0.5, 0.6) is 5.75 Å². The van der Waals surface area contributed by atoms with Gasteiger partial charge in [-0.15, -0.1) is 0 Å². The number of hydrogen-bond donors (Lipinski definition) is 2. The molecule has 1 atom stereocenters. The molecule has 186 valence electrons. The Morgan fingerprint density at radius 2 is 1.63 bits per heavy atom. The van der Waals surface area contributed by atoms with E-state index in [1.807, 2.05) is 24.5 Å². The molecule has 4 bridgehead atoms. The van der Waals surface area contributed by atoms with Gasteiger partial charge in [-0.2, -0.15) is 11.8 Å². The summed E-state index contributed by atoms with van der Waals surface area (Å²) in [7, 11) is 1.54. The molecule has 0 aromatic heterocycles. The predicted octanol–water partition coefficient (Wildman–Crippen LogP) is 5.65. The van der Waals surface area contributed by atoms with Crippen LogP contribution in [0.2, 0.25) is 0 Å². The second-order valence-corrected chi connectivity index (χ2v) is 11.8. The molecule has 0 aliphatic heterocycles. The highest BCUT2D eigenvalue weighted by Crippen LogP contribution is 2.60. The van der Waals surface area contributed by atoms with Gasteiger partial charge in [0.2, 0.25) is 5.91 Å². The normalized spacial score (nSPS) is 27.3. The number of nitrogens with one attached hydrogen (secondary N) is 2. The van der Waals surface area contributed by atoms with Gasteiger partial charge in [0, 0.05) is 5.69 Å². The van der Waals surface area contributed by atoms with Crippen molar-refractivity contribution in [2.24, 2.45) is 17.8 Å². The van der Waals surface area contributed by atoms with Crippen molar-refractivity contribution in [2.75, 3.05) is 24.4 Å². The van der Waals surface area contributed by atoms with Crippen molar-refractivity contribution in [3.8, 4) is 5.75 Å². The Balaban J connectivity index is 1.26. The third kappa shape index (κ3) is 5.09. The van der Waals surface area contributed by atoms with Gasteiger partial charge in [0.1, 0.15) is 11.8 Å². The first-order valence-corrected chi connectivity index (χ1v) is 14.2. The second-order valence-electron chi connectivity index (χ2n) is 10.8. The minimum absolute atomic E-state index is 0.190. The smallest absolute Gasteiger partial charge is 0.255 e. The van der Waals surface area contributed by atoms with E-state index in [0.29, 0.717) is 23.1 Å². The lowest BCUT2D eigenvalue weighted by Gasteiger charge is -2.57. The van der Waals surface area contributed by atoms with Crippen molar-refractivity contribution in [2.45, 2.75) is 56.4 Å². The van der Waals surface area contributed by atoms with Gasteiger partial charge < -0.3 is 15.4 Å². The van der Waals surface area contributed by atoms with Gasteiger partial charge >= 0.3 is 0 Å². The van der Waals surface area contributed by atoms with Crippen molar-refractivity contribution in [1.82, 2.24) is 5.32 Å². The molecule has 2 N–H and O–H groups in total. The lowest BCUT2D eigenvalue weighted by Crippen LogP contribution is -2.48. The Labute approximate surface area is 212 Å². The van der Waals surface area contributed by atoms with Gasteiger partial charge in [-0.3, -0.25) is 9.59 Å². The fourth-order valence-corrected chi connectivity index (χ4v) is 7.64. The topological polar surface area (TPSA) is 67.4 Å². The van der Waals surface area contributed by atoms with E-state index in [2.05, 4.69) is 22.8 Å². The van der Waals surface area contributed by atoms with Crippen LogP contribution < -0.4 is 15.4 Å². The molecule has 0 heterocycles. The second kappa shape index (κ2) is 10.3. The van der Waals surface area contributed by atoms with E-state index in [-0.39, 0.29) is 11.8 Å². The van der Waals surface area contributed by atoms with E-state index in [4.69, 9.17) is 4.74 Å². The summed E-state index contributed by atoms with van der Waals surface area (Å²) in [5, 5.41) is 5.96. The molecule has 4 saturated carbocycles. The van der Waals surface area contributed by atoms with E-state index in [9.17, 15) is 9.59 Å². The molecule has 6 heteroatoms. The van der Waals surface area contributed by atoms with Crippen LogP contribution in [-0.4, -0.2) is 37.0 Å². The number of methoxy groups -OCH3 is 1. The fraction of sp³-hybridized carbons (Fsp3) is 0.517. The number of benzene rings is 2. The molecule has 0 saturated heterocycles. The van der Waals surface area contributed by atoms with Crippen molar-refractivity contribution < 1.29 is 14.3 Å². The van der Waals surface area contributed by atoms with Crippen molar-refractivity contribution in [3.63, 3.8) is 0 Å². The van der Waals surface area contributed by atoms with Crippen LogP contribution in [0.1, 0.15) is 60.9 Å². The quantitative estimate of drug-likeness (QED) is 0.474. The maximum Gasteiger partial charge on any atom is 0.255 e. The van der Waals surface area contributed by atoms with Crippen molar-refractivity contribution in [1.29, 1.82) is 0 Å². The van der Waals surface area contributed by atoms with E-state index in [0.717, 1.165) is 29.2 Å². The molecule has 0 radical (unpaired) electrons. The molecule has 2 aromatic rings. The summed E-state index contributed by atoms with van der Waals surface area (Å²) in [6.07, 6.45) is 10.9. The molecule has 0 spiro atoms. The number of carbonyl (C=O) groups excluding carboxylic acids is 2. The molecule has 4 aliphatic rings. The van der Waals surface area contributed by atoms with Crippen molar-refractivity contribution >= 4 is 29.3 Å². The Morgan fingerprint density at radius 1 is 1.00 bits per heavy atom. The minimum atomic E-state index is -0.623. The SMILES string of the molecule is COc1ccccc1C(=O)NC(CCSC)C(=O)Nc1ccc(C23CC4CC(CC(C4)C2)C3)cc1. The van der Waals surface area contributed by atoms with E-state index in [1.54, 1.807) is 30.0 Å². The summed E-state index contributed by atoms with van der Waals surface area (Å²) >= 11 is 1.66. The summed E-state index contributed by atoms with van der Waals surface area (Å²) in [5.74, 6) is 3.49. The number of carbonyl (C=O) groups is 2. The first-order chi connectivity index (χ1) is 17.0. The van der Waals surface area contributed by atoms with Gasteiger partial charge in [0.15, 0.2) is 0 Å². The molecule has 4 fully saturated rings. The molecule has 35 heavy (non-hydrogen) atoms. The summed E-state index contributed by atoms with van der Waals surface area (Å²) in [6.45, 7) is 0. The largest absolute Gasteiger partial charge is 0.496 e. The molecule has 6 rings (SSSR count). The van der Waals surface area contributed by atoms with Gasteiger partial charge in [-0.1, -0.05) is 24.3 Å². The zero-order valence-electron chi connectivity index (χ0n) is 20.7. The highest BCUT2D eigenvalue weighted by Gasteiger charge is 2.51. The first kappa shape index (κ1) is 24.2. The fourth-order valence-electron chi connectivity index (χ4n) is 7.17. The number of anilines is 1. The summed E-state index contributed by atoms with van der Waals surface area (Å²) in [6, 6.07) is 15.0. The zero-order chi connectivity index (χ0) is 24.4. The number of thioether (sulfide) groups is 1. The Hall–Kier alpha value is -2.47. The molecule has 4 aliphatic carbocycles. The molecule has 2 aromatic carbocycles. The average molecular weight is 493 g/mol. The third-order valence-electron chi connectivity index (χ3n) is 8.39. The van der Waals surface area contributed by atoms with Crippen LogP contribution in [0.25, 0.3) is 0 Å². The molecular formula is C29H36N2O3S. The van der Waals surface area contributed by atoms with Gasteiger partial charge in [0.05, 0.1) is 12.7 Å². The predicted molar refractivity (Wildman–Crippen MR) is 142 cm³/mol. The average Bonchev–Trinajstić information content (AvgIpc) is 2.86. The summed E-state index contributed by atoms with van der Waals surface area (Å²) < 4.78 is 5.32. The van der Waals surface area contributed by atoms with Gasteiger partial charge in [0.25, 0.3) is 5.91 Å². The maximum absolute atomic E-state index is 13.2. The zero-order valence-corrected chi connectivity index (χ0v) is 21.5. The van der Waals surface area contributed by atoms with Crippen LogP contribution in [0.3, 0.4) is 0 Å². The number of rotatable bonds is 9.